The van der Waals surface area contributed by atoms with Crippen molar-refractivity contribution in [1.29, 1.82) is 0 Å². The molecule has 0 bridgehead atoms. The minimum atomic E-state index is -0.669. The molecule has 3 amide bonds. The lowest BCUT2D eigenvalue weighted by Crippen LogP contribution is -2.55. The predicted octanol–water partition coefficient (Wildman–Crippen LogP) is 2.59. The second-order valence-corrected chi connectivity index (χ2v) is 8.41. The van der Waals surface area contributed by atoms with E-state index in [-0.39, 0.29) is 11.8 Å². The summed E-state index contributed by atoms with van der Waals surface area (Å²) in [6, 6.07) is 9.47. The van der Waals surface area contributed by atoms with Gasteiger partial charge in [-0.25, -0.2) is 4.79 Å². The lowest BCUT2D eigenvalue weighted by atomic mass is 10.1. The third-order valence-electron chi connectivity index (χ3n) is 4.75. The summed E-state index contributed by atoms with van der Waals surface area (Å²) in [6.45, 7) is 8.96. The summed E-state index contributed by atoms with van der Waals surface area (Å²) in [5, 5.41) is 2.58. The summed E-state index contributed by atoms with van der Waals surface area (Å²) in [5.74, 6) is -0.0278. The number of piperazine rings is 1. The van der Waals surface area contributed by atoms with E-state index >= 15 is 0 Å². The van der Waals surface area contributed by atoms with Gasteiger partial charge in [0.25, 0.3) is 0 Å². The zero-order valence-corrected chi connectivity index (χ0v) is 17.9. The molecule has 7 heteroatoms. The van der Waals surface area contributed by atoms with E-state index in [2.05, 4.69) is 17.4 Å². The highest BCUT2D eigenvalue weighted by molar-refractivity contribution is 5.85. The second-order valence-electron chi connectivity index (χ2n) is 8.41. The highest BCUT2D eigenvalue weighted by atomic mass is 16.6. The summed E-state index contributed by atoms with van der Waals surface area (Å²) in [4.78, 5) is 40.3. The molecule has 1 aliphatic heterocycles. The first kappa shape index (κ1) is 22.7. The van der Waals surface area contributed by atoms with Gasteiger partial charge in [0.15, 0.2) is 0 Å². The number of carbonyl (C=O) groups is 3. The number of benzene rings is 1. The van der Waals surface area contributed by atoms with Crippen LogP contribution < -0.4 is 5.32 Å². The van der Waals surface area contributed by atoms with Crippen molar-refractivity contribution in [2.75, 3.05) is 26.2 Å². The third kappa shape index (κ3) is 7.75. The minimum absolute atomic E-state index is 0.132. The van der Waals surface area contributed by atoms with E-state index < -0.39 is 17.7 Å². The monoisotopic (exact) mass is 403 g/mol. The van der Waals surface area contributed by atoms with Crippen molar-refractivity contribution >= 4 is 17.9 Å². The summed E-state index contributed by atoms with van der Waals surface area (Å²) in [6.07, 6.45) is 1.61. The fraction of sp³-hybridized carbons (Fsp3) is 0.591. The molecule has 0 aromatic heterocycles. The Morgan fingerprint density at radius 2 is 1.62 bits per heavy atom. The third-order valence-corrected chi connectivity index (χ3v) is 4.75. The summed E-state index contributed by atoms with van der Waals surface area (Å²) in [5.41, 5.74) is 0.626. The van der Waals surface area contributed by atoms with Crippen LogP contribution >= 0.6 is 0 Å². The van der Waals surface area contributed by atoms with Crippen LogP contribution in [0.15, 0.2) is 30.3 Å². The molecule has 29 heavy (non-hydrogen) atoms. The number of nitrogens with one attached hydrogen (secondary N) is 1. The van der Waals surface area contributed by atoms with Crippen molar-refractivity contribution in [3.05, 3.63) is 35.9 Å². The summed E-state index contributed by atoms with van der Waals surface area (Å²) >= 11 is 0. The van der Waals surface area contributed by atoms with Crippen LogP contribution in [0, 0.1) is 0 Å². The molecule has 1 saturated heterocycles. The van der Waals surface area contributed by atoms with Gasteiger partial charge in [0.1, 0.15) is 11.6 Å². The number of hydrogen-bond donors (Lipinski definition) is 1. The molecule has 1 aliphatic rings. The number of carbonyl (C=O) groups excluding carboxylic acids is 3. The van der Waals surface area contributed by atoms with Crippen molar-refractivity contribution in [2.45, 2.75) is 58.6 Å². The van der Waals surface area contributed by atoms with E-state index in [1.165, 1.54) is 5.56 Å². The number of aryl methyl sites for hydroxylation is 1. The van der Waals surface area contributed by atoms with E-state index in [1.54, 1.807) is 32.6 Å². The van der Waals surface area contributed by atoms with Crippen LogP contribution in [-0.2, 0) is 20.7 Å². The Morgan fingerprint density at radius 3 is 2.21 bits per heavy atom. The standard InChI is InChI=1S/C22H33N3O4/c1-17(23-21(28)29-22(2,3)4)20(27)25-15-13-24(14-16-25)19(26)12-8-11-18-9-6-5-7-10-18/h5-7,9-10,17H,8,11-16H2,1-4H3,(H,23,28). The van der Waals surface area contributed by atoms with Gasteiger partial charge in [0.2, 0.25) is 11.8 Å². The maximum Gasteiger partial charge on any atom is 0.408 e. The lowest BCUT2D eigenvalue weighted by Gasteiger charge is -2.36. The fourth-order valence-electron chi connectivity index (χ4n) is 3.24. The first-order valence-corrected chi connectivity index (χ1v) is 10.3. The van der Waals surface area contributed by atoms with Gasteiger partial charge < -0.3 is 19.9 Å². The minimum Gasteiger partial charge on any atom is -0.444 e. The fourth-order valence-corrected chi connectivity index (χ4v) is 3.24. The average Bonchev–Trinajstić information content (AvgIpc) is 2.66. The van der Waals surface area contributed by atoms with E-state index in [0.717, 1.165) is 12.8 Å². The van der Waals surface area contributed by atoms with E-state index in [1.807, 2.05) is 23.1 Å². The Bertz CT molecular complexity index is 692. The maximum absolute atomic E-state index is 12.6. The van der Waals surface area contributed by atoms with Crippen molar-refractivity contribution in [3.63, 3.8) is 0 Å². The van der Waals surface area contributed by atoms with Gasteiger partial charge in [-0.1, -0.05) is 30.3 Å². The van der Waals surface area contributed by atoms with Crippen LogP contribution in [0.4, 0.5) is 4.79 Å². The molecule has 1 fully saturated rings. The molecule has 1 aromatic rings. The number of ether oxygens (including phenoxy) is 1. The first-order valence-electron chi connectivity index (χ1n) is 10.3. The van der Waals surface area contributed by atoms with Crippen molar-refractivity contribution in [2.24, 2.45) is 0 Å². The summed E-state index contributed by atoms with van der Waals surface area (Å²) in [7, 11) is 0. The van der Waals surface area contributed by atoms with Gasteiger partial charge in [-0.15, -0.1) is 0 Å². The van der Waals surface area contributed by atoms with Crippen LogP contribution in [-0.4, -0.2) is 65.5 Å². The summed E-state index contributed by atoms with van der Waals surface area (Å²) < 4.78 is 5.19. The van der Waals surface area contributed by atoms with Crippen LogP contribution in [0.1, 0.15) is 46.1 Å². The lowest BCUT2D eigenvalue weighted by molar-refractivity contribution is -0.140. The van der Waals surface area contributed by atoms with Crippen LogP contribution in [0.5, 0.6) is 0 Å². The molecule has 2 rings (SSSR count). The zero-order chi connectivity index (χ0) is 21.4. The smallest absolute Gasteiger partial charge is 0.408 e. The molecule has 1 aromatic carbocycles. The Hall–Kier alpha value is -2.57. The SMILES string of the molecule is CC(NC(=O)OC(C)(C)C)C(=O)N1CCN(C(=O)CCCc2ccccc2)CC1. The molecule has 7 nitrogen and oxygen atoms in total. The van der Waals surface area contributed by atoms with Crippen molar-refractivity contribution in [3.8, 4) is 0 Å². The molecule has 1 atom stereocenters. The Kier molecular flexibility index (Phi) is 8.05. The molecule has 0 saturated carbocycles. The van der Waals surface area contributed by atoms with E-state index in [4.69, 9.17) is 4.74 Å². The van der Waals surface area contributed by atoms with Gasteiger partial charge in [-0.3, -0.25) is 9.59 Å². The number of amides is 3. The van der Waals surface area contributed by atoms with Gasteiger partial charge >= 0.3 is 6.09 Å². The maximum atomic E-state index is 12.6. The number of alkyl carbamates (subject to hydrolysis) is 1. The molecule has 160 valence electrons. The van der Waals surface area contributed by atoms with Crippen molar-refractivity contribution < 1.29 is 19.1 Å². The van der Waals surface area contributed by atoms with Crippen LogP contribution in [0.3, 0.4) is 0 Å². The molecule has 1 N–H and O–H groups in total. The first-order chi connectivity index (χ1) is 13.7. The van der Waals surface area contributed by atoms with Crippen LogP contribution in [0.2, 0.25) is 0 Å². The molecular weight excluding hydrogens is 370 g/mol. The predicted molar refractivity (Wildman–Crippen MR) is 111 cm³/mol. The normalized spacial score (nSPS) is 15.6. The van der Waals surface area contributed by atoms with Gasteiger partial charge in [0, 0.05) is 32.6 Å². The highest BCUT2D eigenvalue weighted by Crippen LogP contribution is 2.11. The second kappa shape index (κ2) is 10.3. The molecule has 0 aliphatic carbocycles. The topological polar surface area (TPSA) is 79.0 Å². The van der Waals surface area contributed by atoms with Crippen LogP contribution in [0.25, 0.3) is 0 Å². The number of nitrogens with zero attached hydrogens (tertiary/aromatic N) is 2. The van der Waals surface area contributed by atoms with Gasteiger partial charge in [0.05, 0.1) is 0 Å². The largest absolute Gasteiger partial charge is 0.444 e. The number of hydrogen-bond acceptors (Lipinski definition) is 4. The van der Waals surface area contributed by atoms with Gasteiger partial charge in [-0.2, -0.15) is 0 Å². The van der Waals surface area contributed by atoms with Crippen molar-refractivity contribution in [1.82, 2.24) is 15.1 Å². The number of rotatable bonds is 6. The molecule has 1 heterocycles. The Morgan fingerprint density at radius 1 is 1.03 bits per heavy atom. The molecular formula is C22H33N3O4. The Labute approximate surface area is 173 Å². The molecule has 0 spiro atoms. The van der Waals surface area contributed by atoms with E-state index in [9.17, 15) is 14.4 Å². The highest BCUT2D eigenvalue weighted by Gasteiger charge is 2.28. The quantitative estimate of drug-likeness (QED) is 0.792. The van der Waals surface area contributed by atoms with Gasteiger partial charge in [-0.05, 0) is 46.1 Å². The zero-order valence-electron chi connectivity index (χ0n) is 17.9. The molecule has 0 radical (unpaired) electrons. The molecule has 1 unspecified atom stereocenters. The Balaban J connectivity index is 1.71. The van der Waals surface area contributed by atoms with E-state index in [0.29, 0.717) is 32.6 Å². The average molecular weight is 404 g/mol.